The molecule has 0 aliphatic carbocycles. The molecule has 18 heavy (non-hydrogen) atoms. The number of benzene rings is 1. The molecular weight excluding hydrogens is 243 g/mol. The first kappa shape index (κ1) is 12.9. The summed E-state index contributed by atoms with van der Waals surface area (Å²) in [6.45, 7) is 3.68. The fourth-order valence-corrected chi connectivity index (χ4v) is 2.15. The van der Waals surface area contributed by atoms with Gasteiger partial charge in [-0.1, -0.05) is 0 Å². The van der Waals surface area contributed by atoms with Crippen LogP contribution in [0.2, 0.25) is 0 Å². The quantitative estimate of drug-likeness (QED) is 0.709. The van der Waals surface area contributed by atoms with E-state index in [1.165, 1.54) is 6.07 Å². The van der Waals surface area contributed by atoms with Crippen molar-refractivity contribution >= 4 is 11.5 Å². The molecule has 2 nitrogen and oxygen atoms in total. The van der Waals surface area contributed by atoms with Crippen molar-refractivity contribution in [2.45, 2.75) is 32.0 Å². The maximum absolute atomic E-state index is 12.7. The molecular formula is C13H14F3NO. The average Bonchev–Trinajstić information content (AvgIpc) is 2.23. The number of anilines is 1. The van der Waals surface area contributed by atoms with Crippen molar-refractivity contribution in [3.8, 4) is 0 Å². The highest BCUT2D eigenvalue weighted by molar-refractivity contribution is 6.04. The monoisotopic (exact) mass is 257 g/mol. The van der Waals surface area contributed by atoms with Gasteiger partial charge in [-0.25, -0.2) is 0 Å². The standard InChI is InChI=1S/C13H14F3NO/c1-12(2)7-11(18)9-5-4-8(13(14,15)16)6-10(9)17(12)3/h4-6H,7H2,1-3H3. The topological polar surface area (TPSA) is 20.3 Å². The van der Waals surface area contributed by atoms with E-state index in [0.717, 1.165) is 12.1 Å². The molecule has 0 spiro atoms. The molecule has 1 aromatic carbocycles. The summed E-state index contributed by atoms with van der Waals surface area (Å²) in [6, 6.07) is 3.28. The molecule has 0 saturated heterocycles. The molecule has 0 radical (unpaired) electrons. The predicted molar refractivity (Wildman–Crippen MR) is 62.9 cm³/mol. The van der Waals surface area contributed by atoms with Crippen LogP contribution in [0.4, 0.5) is 18.9 Å². The highest BCUT2D eigenvalue weighted by atomic mass is 19.4. The summed E-state index contributed by atoms with van der Waals surface area (Å²) in [6.07, 6.45) is -4.08. The van der Waals surface area contributed by atoms with Gasteiger partial charge in [0.15, 0.2) is 5.78 Å². The summed E-state index contributed by atoms with van der Waals surface area (Å²) in [5.74, 6) is -0.109. The Balaban J connectivity index is 2.58. The van der Waals surface area contributed by atoms with Gasteiger partial charge in [-0.05, 0) is 32.0 Å². The van der Waals surface area contributed by atoms with Crippen LogP contribution in [-0.4, -0.2) is 18.4 Å². The summed E-state index contributed by atoms with van der Waals surface area (Å²) in [5, 5.41) is 0. The summed E-state index contributed by atoms with van der Waals surface area (Å²) >= 11 is 0. The summed E-state index contributed by atoms with van der Waals surface area (Å²) in [7, 11) is 1.71. The number of halogens is 3. The van der Waals surface area contributed by atoms with E-state index in [-0.39, 0.29) is 5.78 Å². The van der Waals surface area contributed by atoms with Crippen molar-refractivity contribution in [1.29, 1.82) is 0 Å². The van der Waals surface area contributed by atoms with Crippen LogP contribution < -0.4 is 4.90 Å². The molecule has 1 aliphatic heterocycles. The van der Waals surface area contributed by atoms with E-state index >= 15 is 0 Å². The third-order valence-electron chi connectivity index (χ3n) is 3.49. The molecule has 1 heterocycles. The number of Topliss-reactive ketones (excluding diaryl/α,β-unsaturated/α-hetero) is 1. The SMILES string of the molecule is CN1c2cc(C(F)(F)F)ccc2C(=O)CC1(C)C. The maximum atomic E-state index is 12.7. The molecule has 5 heteroatoms. The van der Waals surface area contributed by atoms with Crippen molar-refractivity contribution in [3.63, 3.8) is 0 Å². The average molecular weight is 257 g/mol. The van der Waals surface area contributed by atoms with Gasteiger partial charge in [0.2, 0.25) is 0 Å². The summed E-state index contributed by atoms with van der Waals surface area (Å²) in [4.78, 5) is 13.6. The minimum atomic E-state index is -4.39. The van der Waals surface area contributed by atoms with Gasteiger partial charge in [0, 0.05) is 30.3 Å². The highest BCUT2D eigenvalue weighted by Crippen LogP contribution is 2.39. The van der Waals surface area contributed by atoms with Crippen LogP contribution in [0.3, 0.4) is 0 Å². The number of hydrogen-bond acceptors (Lipinski definition) is 2. The van der Waals surface area contributed by atoms with Crippen molar-refractivity contribution in [3.05, 3.63) is 29.3 Å². The molecule has 0 unspecified atom stereocenters. The minimum Gasteiger partial charge on any atom is -0.368 e. The number of ketones is 1. The molecule has 1 aliphatic rings. The fourth-order valence-electron chi connectivity index (χ4n) is 2.15. The zero-order valence-corrected chi connectivity index (χ0v) is 10.4. The van der Waals surface area contributed by atoms with Gasteiger partial charge in [-0.15, -0.1) is 0 Å². The normalized spacial score (nSPS) is 18.8. The number of fused-ring (bicyclic) bond motifs is 1. The van der Waals surface area contributed by atoms with Crippen molar-refractivity contribution in [2.24, 2.45) is 0 Å². The van der Waals surface area contributed by atoms with E-state index < -0.39 is 17.3 Å². The maximum Gasteiger partial charge on any atom is 0.416 e. The van der Waals surface area contributed by atoms with Gasteiger partial charge in [-0.2, -0.15) is 13.2 Å². The number of carbonyl (C=O) groups is 1. The second kappa shape index (κ2) is 3.73. The zero-order valence-electron chi connectivity index (χ0n) is 10.4. The first-order valence-corrected chi connectivity index (χ1v) is 5.61. The second-order valence-electron chi connectivity index (χ2n) is 5.20. The van der Waals surface area contributed by atoms with Gasteiger partial charge in [0.25, 0.3) is 0 Å². The van der Waals surface area contributed by atoms with Crippen LogP contribution in [0.1, 0.15) is 36.2 Å². The number of hydrogen-bond donors (Lipinski definition) is 0. The van der Waals surface area contributed by atoms with E-state index in [0.29, 0.717) is 17.7 Å². The number of carbonyl (C=O) groups excluding carboxylic acids is 1. The smallest absolute Gasteiger partial charge is 0.368 e. The van der Waals surface area contributed by atoms with Crippen LogP contribution in [-0.2, 0) is 6.18 Å². The fraction of sp³-hybridized carbons (Fsp3) is 0.462. The van der Waals surface area contributed by atoms with E-state index in [1.807, 2.05) is 13.8 Å². The van der Waals surface area contributed by atoms with Crippen LogP contribution in [0.25, 0.3) is 0 Å². The molecule has 1 aromatic rings. The van der Waals surface area contributed by atoms with Crippen LogP contribution >= 0.6 is 0 Å². The van der Waals surface area contributed by atoms with Crippen LogP contribution in [0.5, 0.6) is 0 Å². The molecule has 98 valence electrons. The van der Waals surface area contributed by atoms with Gasteiger partial charge in [-0.3, -0.25) is 4.79 Å². The summed E-state index contributed by atoms with van der Waals surface area (Å²) < 4.78 is 38.0. The number of rotatable bonds is 0. The second-order valence-corrected chi connectivity index (χ2v) is 5.20. The molecule has 0 amide bonds. The Morgan fingerprint density at radius 1 is 1.28 bits per heavy atom. The lowest BCUT2D eigenvalue weighted by atomic mass is 9.86. The van der Waals surface area contributed by atoms with Gasteiger partial charge >= 0.3 is 6.18 Å². The van der Waals surface area contributed by atoms with Crippen molar-refractivity contribution in [2.75, 3.05) is 11.9 Å². The van der Waals surface area contributed by atoms with Gasteiger partial charge in [0.05, 0.1) is 5.56 Å². The number of alkyl halides is 3. The predicted octanol–water partition coefficient (Wildman–Crippen LogP) is 3.51. The number of nitrogens with zero attached hydrogens (tertiary/aromatic N) is 1. The first-order valence-electron chi connectivity index (χ1n) is 5.61. The third kappa shape index (κ3) is 1.98. The molecule has 0 N–H and O–H groups in total. The van der Waals surface area contributed by atoms with E-state index in [2.05, 4.69) is 0 Å². The Labute approximate surface area is 103 Å². The Kier molecular flexibility index (Phi) is 2.68. The van der Waals surface area contributed by atoms with Gasteiger partial charge < -0.3 is 4.90 Å². The van der Waals surface area contributed by atoms with E-state index in [4.69, 9.17) is 0 Å². The Hall–Kier alpha value is -1.52. The third-order valence-corrected chi connectivity index (χ3v) is 3.49. The minimum absolute atomic E-state index is 0.109. The lowest BCUT2D eigenvalue weighted by molar-refractivity contribution is -0.137. The molecule has 0 saturated carbocycles. The summed E-state index contributed by atoms with van der Waals surface area (Å²) in [5.41, 5.74) is -0.469. The molecule has 0 bridgehead atoms. The van der Waals surface area contributed by atoms with Crippen molar-refractivity contribution < 1.29 is 18.0 Å². The first-order chi connectivity index (χ1) is 8.13. The molecule has 0 atom stereocenters. The van der Waals surface area contributed by atoms with E-state index in [9.17, 15) is 18.0 Å². The Morgan fingerprint density at radius 3 is 2.44 bits per heavy atom. The highest BCUT2D eigenvalue weighted by Gasteiger charge is 2.38. The lowest BCUT2D eigenvalue weighted by Gasteiger charge is -2.42. The lowest BCUT2D eigenvalue weighted by Crippen LogP contribution is -2.47. The van der Waals surface area contributed by atoms with Crippen LogP contribution in [0.15, 0.2) is 18.2 Å². The largest absolute Gasteiger partial charge is 0.416 e. The Bertz CT molecular complexity index is 505. The van der Waals surface area contributed by atoms with Gasteiger partial charge in [0.1, 0.15) is 0 Å². The molecule has 0 fully saturated rings. The Morgan fingerprint density at radius 2 is 1.89 bits per heavy atom. The zero-order chi connectivity index (χ0) is 13.7. The van der Waals surface area contributed by atoms with E-state index in [1.54, 1.807) is 11.9 Å². The molecule has 2 rings (SSSR count). The molecule has 0 aromatic heterocycles. The van der Waals surface area contributed by atoms with Crippen LogP contribution in [0, 0.1) is 0 Å². The van der Waals surface area contributed by atoms with Crippen molar-refractivity contribution in [1.82, 2.24) is 0 Å².